The first-order valence-electron chi connectivity index (χ1n) is 5.17. The minimum absolute atomic E-state index is 0.0640. The van der Waals surface area contributed by atoms with Crippen molar-refractivity contribution in [2.45, 2.75) is 18.9 Å². The van der Waals surface area contributed by atoms with Crippen LogP contribution in [0, 0.1) is 5.92 Å². The third kappa shape index (κ3) is 4.67. The highest BCUT2D eigenvalue weighted by atomic mass is 19.3. The van der Waals surface area contributed by atoms with E-state index < -0.39 is 13.0 Å². The Hall–Kier alpha value is -1.01. The number of carbonyl (C=O) groups is 1. The summed E-state index contributed by atoms with van der Waals surface area (Å²) >= 11 is 0. The van der Waals surface area contributed by atoms with Gasteiger partial charge in [0.15, 0.2) is 0 Å². The molecule has 1 aliphatic carbocycles. The molecule has 0 bridgehead atoms. The normalized spacial score (nSPS) is 24.0. The lowest BCUT2D eigenvalue weighted by atomic mass is 10.1. The van der Waals surface area contributed by atoms with E-state index in [1.807, 2.05) is 0 Å². The van der Waals surface area contributed by atoms with Crippen molar-refractivity contribution in [3.8, 4) is 0 Å². The minimum atomic E-state index is -2.47. The fourth-order valence-corrected chi connectivity index (χ4v) is 1.47. The Kier molecular flexibility index (Phi) is 5.34. The van der Waals surface area contributed by atoms with Crippen LogP contribution >= 0.6 is 0 Å². The maximum atomic E-state index is 11.7. The number of halogens is 2. The number of hydrogen-bond donors (Lipinski definition) is 2. The quantitative estimate of drug-likeness (QED) is 0.513. The number of rotatable bonds is 6. The number of hydrogen-bond acceptors (Lipinski definition) is 3. The van der Waals surface area contributed by atoms with Crippen molar-refractivity contribution in [2.24, 2.45) is 11.7 Å². The summed E-state index contributed by atoms with van der Waals surface area (Å²) in [5.74, 6) is -0.338. The van der Waals surface area contributed by atoms with Gasteiger partial charge in [-0.1, -0.05) is 12.2 Å². The van der Waals surface area contributed by atoms with Gasteiger partial charge in [0, 0.05) is 12.6 Å². The molecular weight excluding hydrogens is 218 g/mol. The monoisotopic (exact) mass is 234 g/mol. The van der Waals surface area contributed by atoms with Gasteiger partial charge in [-0.25, -0.2) is 8.78 Å². The molecule has 0 aromatic rings. The van der Waals surface area contributed by atoms with E-state index in [9.17, 15) is 13.6 Å². The van der Waals surface area contributed by atoms with Crippen LogP contribution in [-0.2, 0) is 9.53 Å². The second-order valence-electron chi connectivity index (χ2n) is 3.65. The van der Waals surface area contributed by atoms with Crippen LogP contribution in [0.1, 0.15) is 6.42 Å². The maximum absolute atomic E-state index is 11.7. The molecule has 0 saturated heterocycles. The topological polar surface area (TPSA) is 64.4 Å². The molecule has 92 valence electrons. The second-order valence-corrected chi connectivity index (χ2v) is 3.65. The molecule has 2 unspecified atom stereocenters. The van der Waals surface area contributed by atoms with Crippen LogP contribution in [-0.4, -0.2) is 38.1 Å². The van der Waals surface area contributed by atoms with Crippen LogP contribution in [0.3, 0.4) is 0 Å². The Morgan fingerprint density at radius 3 is 2.88 bits per heavy atom. The van der Waals surface area contributed by atoms with Crippen molar-refractivity contribution in [3.63, 3.8) is 0 Å². The molecule has 0 aromatic carbocycles. The van der Waals surface area contributed by atoms with Gasteiger partial charge in [0.1, 0.15) is 6.61 Å². The highest BCUT2D eigenvalue weighted by Gasteiger charge is 2.21. The van der Waals surface area contributed by atoms with Crippen LogP contribution in [0.15, 0.2) is 12.2 Å². The molecule has 0 aromatic heterocycles. The highest BCUT2D eigenvalue weighted by Crippen LogP contribution is 2.15. The maximum Gasteiger partial charge on any atom is 0.261 e. The molecule has 1 rings (SSSR count). The zero-order valence-corrected chi connectivity index (χ0v) is 8.86. The molecule has 0 saturated carbocycles. The molecule has 0 radical (unpaired) electrons. The average molecular weight is 234 g/mol. The summed E-state index contributed by atoms with van der Waals surface area (Å²) < 4.78 is 28.0. The second kappa shape index (κ2) is 6.55. The predicted octanol–water partition coefficient (Wildman–Crippen LogP) is 0.288. The van der Waals surface area contributed by atoms with E-state index in [1.54, 1.807) is 12.2 Å². The molecule has 0 spiro atoms. The summed E-state index contributed by atoms with van der Waals surface area (Å²) in [6.07, 6.45) is 1.69. The van der Waals surface area contributed by atoms with Crippen molar-refractivity contribution in [3.05, 3.63) is 12.2 Å². The van der Waals surface area contributed by atoms with E-state index in [4.69, 9.17) is 5.73 Å². The Bertz CT molecular complexity index is 259. The zero-order valence-electron chi connectivity index (χ0n) is 8.86. The van der Waals surface area contributed by atoms with E-state index >= 15 is 0 Å². The molecule has 0 fully saturated rings. The van der Waals surface area contributed by atoms with Gasteiger partial charge in [-0.05, 0) is 6.42 Å². The molecule has 4 nitrogen and oxygen atoms in total. The standard InChI is InChI=1S/C10H16F2N2O2/c11-9(12)6-16-4-3-14-10(15)7-1-2-8(13)5-7/h1-2,7-9H,3-6,13H2,(H,14,15). The van der Waals surface area contributed by atoms with Crippen molar-refractivity contribution in [2.75, 3.05) is 19.8 Å². The fraction of sp³-hybridized carbons (Fsp3) is 0.700. The molecule has 1 amide bonds. The van der Waals surface area contributed by atoms with Gasteiger partial charge in [0.2, 0.25) is 5.91 Å². The molecule has 6 heteroatoms. The Morgan fingerprint density at radius 2 is 2.31 bits per heavy atom. The van der Waals surface area contributed by atoms with Gasteiger partial charge in [0.25, 0.3) is 6.43 Å². The van der Waals surface area contributed by atoms with Gasteiger partial charge >= 0.3 is 0 Å². The Morgan fingerprint density at radius 1 is 1.56 bits per heavy atom. The van der Waals surface area contributed by atoms with Crippen molar-refractivity contribution in [1.82, 2.24) is 5.32 Å². The summed E-state index contributed by atoms with van der Waals surface area (Å²) in [6, 6.07) is -0.0640. The van der Waals surface area contributed by atoms with Gasteiger partial charge in [0.05, 0.1) is 12.5 Å². The predicted molar refractivity (Wildman–Crippen MR) is 55.1 cm³/mol. The molecule has 0 heterocycles. The molecule has 3 N–H and O–H groups in total. The van der Waals surface area contributed by atoms with Gasteiger partial charge in [-0.2, -0.15) is 0 Å². The molecular formula is C10H16F2N2O2. The first-order chi connectivity index (χ1) is 7.59. The fourth-order valence-electron chi connectivity index (χ4n) is 1.47. The Balaban J connectivity index is 2.05. The number of nitrogens with two attached hydrogens (primary N) is 1. The summed E-state index contributed by atoms with van der Waals surface area (Å²) in [7, 11) is 0. The lowest BCUT2D eigenvalue weighted by Crippen LogP contribution is -2.33. The first-order valence-corrected chi connectivity index (χ1v) is 5.17. The average Bonchev–Trinajstić information content (AvgIpc) is 2.63. The molecule has 1 aliphatic rings. The molecule has 2 atom stereocenters. The van der Waals surface area contributed by atoms with Crippen molar-refractivity contribution < 1.29 is 18.3 Å². The largest absolute Gasteiger partial charge is 0.374 e. The van der Waals surface area contributed by atoms with E-state index in [0.29, 0.717) is 6.42 Å². The third-order valence-corrected chi connectivity index (χ3v) is 2.24. The number of ether oxygens (including phenoxy) is 1. The summed E-state index contributed by atoms with van der Waals surface area (Å²) in [6.45, 7) is -0.256. The van der Waals surface area contributed by atoms with Crippen LogP contribution < -0.4 is 11.1 Å². The Labute approximate surface area is 92.8 Å². The smallest absolute Gasteiger partial charge is 0.261 e. The summed E-state index contributed by atoms with van der Waals surface area (Å²) in [4.78, 5) is 11.5. The van der Waals surface area contributed by atoms with Crippen LogP contribution in [0.4, 0.5) is 8.78 Å². The number of amides is 1. The number of carbonyl (C=O) groups excluding carboxylic acids is 1. The third-order valence-electron chi connectivity index (χ3n) is 2.24. The van der Waals surface area contributed by atoms with Crippen LogP contribution in [0.25, 0.3) is 0 Å². The van der Waals surface area contributed by atoms with E-state index in [1.165, 1.54) is 0 Å². The zero-order chi connectivity index (χ0) is 12.0. The number of alkyl halides is 2. The van der Waals surface area contributed by atoms with Gasteiger partial charge in [-0.3, -0.25) is 4.79 Å². The molecule has 0 aliphatic heterocycles. The summed E-state index contributed by atoms with van der Waals surface area (Å²) in [5, 5.41) is 2.60. The minimum Gasteiger partial charge on any atom is -0.374 e. The lowest BCUT2D eigenvalue weighted by Gasteiger charge is -2.10. The van der Waals surface area contributed by atoms with E-state index in [-0.39, 0.29) is 31.0 Å². The summed E-state index contributed by atoms with van der Waals surface area (Å²) in [5.41, 5.74) is 5.60. The van der Waals surface area contributed by atoms with Crippen LogP contribution in [0.5, 0.6) is 0 Å². The lowest BCUT2D eigenvalue weighted by molar-refractivity contribution is -0.123. The van der Waals surface area contributed by atoms with Crippen molar-refractivity contribution in [1.29, 1.82) is 0 Å². The number of nitrogens with one attached hydrogen (secondary N) is 1. The van der Waals surface area contributed by atoms with Gasteiger partial charge < -0.3 is 15.8 Å². The van der Waals surface area contributed by atoms with Gasteiger partial charge in [-0.15, -0.1) is 0 Å². The first kappa shape index (κ1) is 13.1. The molecule has 16 heavy (non-hydrogen) atoms. The van der Waals surface area contributed by atoms with E-state index in [0.717, 1.165) is 0 Å². The van der Waals surface area contributed by atoms with Crippen LogP contribution in [0.2, 0.25) is 0 Å². The van der Waals surface area contributed by atoms with Crippen molar-refractivity contribution >= 4 is 5.91 Å². The highest BCUT2D eigenvalue weighted by molar-refractivity contribution is 5.81. The SMILES string of the molecule is NC1C=CC(C(=O)NCCOCC(F)F)C1. The van der Waals surface area contributed by atoms with E-state index in [2.05, 4.69) is 10.1 Å².